The Morgan fingerprint density at radius 1 is 0.738 bits per heavy atom. The van der Waals surface area contributed by atoms with Gasteiger partial charge in [-0.2, -0.15) is 0 Å². The fraction of sp³-hybridized carbons (Fsp3) is 0.345. The molecule has 0 N–H and O–H groups in total. The van der Waals surface area contributed by atoms with Crippen LogP contribution in [0, 0.1) is 29.1 Å². The van der Waals surface area contributed by atoms with Crippen LogP contribution in [0.4, 0.5) is 40.6 Å². The summed E-state index contributed by atoms with van der Waals surface area (Å²) in [6.45, 7) is 0.198. The van der Waals surface area contributed by atoms with Gasteiger partial charge in [0.15, 0.2) is 28.1 Å². The number of carbonyl (C=O) groups excluding carboxylic acids is 1. The molecule has 0 fully saturated rings. The Hall–Kier alpha value is -3.22. The molecule has 1 atom stereocenters. The third-order valence-corrected chi connectivity index (χ3v) is 8.42. The largest absolute Gasteiger partial charge is 0.515 e. The SMILES string of the molecule is CCCCN(CCCC)c1ccc([S+](C)(=O)CC(=O)c2ccccc2)cc1.Fc1c(F)c(F)c([B-](F)(F)F)c(F)c1F. The monoisotopic (exact) mass is 621 g/mol. The Balaban J connectivity index is 0.000000347. The number of Topliss-reactive ketones (excluding diaryl/α,β-unsaturated/α-hetero) is 1. The number of ketones is 1. The summed E-state index contributed by atoms with van der Waals surface area (Å²) in [5, 5.41) is 0. The van der Waals surface area contributed by atoms with Gasteiger partial charge >= 0.3 is 6.98 Å². The minimum atomic E-state index is -6.30. The lowest BCUT2D eigenvalue weighted by Gasteiger charge is -2.24. The molecule has 0 saturated carbocycles. The molecule has 3 rings (SSSR count). The third kappa shape index (κ3) is 9.14. The van der Waals surface area contributed by atoms with Gasteiger partial charge in [0.1, 0.15) is 27.8 Å². The summed E-state index contributed by atoms with van der Waals surface area (Å²) in [5.41, 5.74) is -0.939. The zero-order valence-corrected chi connectivity index (χ0v) is 24.2. The van der Waals surface area contributed by atoms with Crippen molar-refractivity contribution < 1.29 is 43.9 Å². The Labute approximate surface area is 241 Å². The molecule has 0 aliphatic heterocycles. The average Bonchev–Trinajstić information content (AvgIpc) is 2.95. The molecule has 0 amide bonds. The molecule has 3 aromatic carbocycles. The molecular weight excluding hydrogens is 589 g/mol. The molecule has 3 aromatic rings. The quantitative estimate of drug-likeness (QED) is 0.0516. The highest BCUT2D eigenvalue weighted by Gasteiger charge is 2.38. The third-order valence-electron chi connectivity index (χ3n) is 6.34. The first-order chi connectivity index (χ1) is 19.7. The van der Waals surface area contributed by atoms with E-state index in [0.717, 1.165) is 18.0 Å². The minimum Gasteiger partial charge on any atom is -0.445 e. The molecule has 0 bridgehead atoms. The number of unbranched alkanes of at least 4 members (excludes halogenated alkanes) is 2. The fourth-order valence-corrected chi connectivity index (χ4v) is 5.51. The fourth-order valence-electron chi connectivity index (χ4n) is 3.96. The van der Waals surface area contributed by atoms with Gasteiger partial charge in [0.25, 0.3) is 0 Å². The van der Waals surface area contributed by atoms with Crippen molar-refractivity contribution in [1.29, 1.82) is 0 Å². The van der Waals surface area contributed by atoms with E-state index in [9.17, 15) is 43.9 Å². The van der Waals surface area contributed by atoms with E-state index in [0.29, 0.717) is 5.56 Å². The summed E-state index contributed by atoms with van der Waals surface area (Å²) in [7, 11) is -2.40. The van der Waals surface area contributed by atoms with Crippen LogP contribution in [0.5, 0.6) is 0 Å². The second-order valence-corrected chi connectivity index (χ2v) is 12.5. The number of hydrogen-bond donors (Lipinski definition) is 0. The van der Waals surface area contributed by atoms with Gasteiger partial charge in [-0.15, -0.1) is 0 Å². The molecule has 0 spiro atoms. The maximum Gasteiger partial charge on any atom is 0.515 e. The van der Waals surface area contributed by atoms with Crippen LogP contribution in [0.3, 0.4) is 0 Å². The molecule has 42 heavy (non-hydrogen) atoms. The van der Waals surface area contributed by atoms with Crippen LogP contribution in [0.1, 0.15) is 49.9 Å². The van der Waals surface area contributed by atoms with Crippen molar-refractivity contribution >= 4 is 33.8 Å². The Kier molecular flexibility index (Phi) is 12.8. The minimum absolute atomic E-state index is 0.0474. The van der Waals surface area contributed by atoms with Crippen molar-refractivity contribution in [3.05, 3.63) is 89.2 Å². The van der Waals surface area contributed by atoms with E-state index >= 15 is 0 Å². The second-order valence-electron chi connectivity index (χ2n) is 9.68. The van der Waals surface area contributed by atoms with Crippen LogP contribution in [-0.2, 0) is 14.1 Å². The maximum atomic E-state index is 13.2. The first-order valence-corrected chi connectivity index (χ1v) is 15.4. The number of carbonyl (C=O) groups is 1. The molecule has 0 radical (unpaired) electrons. The Morgan fingerprint density at radius 2 is 1.19 bits per heavy atom. The zero-order chi connectivity index (χ0) is 31.7. The number of nitrogens with zero attached hydrogens (tertiary/aromatic N) is 1. The summed E-state index contributed by atoms with van der Waals surface area (Å²) in [5.74, 6) is -13.6. The molecule has 230 valence electrons. The number of hydrogen-bond acceptors (Lipinski definition) is 3. The molecule has 0 aliphatic rings. The van der Waals surface area contributed by atoms with Crippen molar-refractivity contribution in [2.24, 2.45) is 0 Å². The van der Waals surface area contributed by atoms with E-state index in [4.69, 9.17) is 0 Å². The lowest BCUT2D eigenvalue weighted by Crippen LogP contribution is -2.41. The van der Waals surface area contributed by atoms with Crippen LogP contribution in [-0.4, -0.2) is 37.9 Å². The van der Waals surface area contributed by atoms with Crippen molar-refractivity contribution in [1.82, 2.24) is 0 Å². The van der Waals surface area contributed by atoms with Gasteiger partial charge in [-0.3, -0.25) is 4.79 Å². The van der Waals surface area contributed by atoms with Gasteiger partial charge in [0, 0.05) is 24.3 Å². The van der Waals surface area contributed by atoms with E-state index in [1.54, 1.807) is 18.4 Å². The van der Waals surface area contributed by atoms with Gasteiger partial charge in [0.2, 0.25) is 5.78 Å². The van der Waals surface area contributed by atoms with E-state index < -0.39 is 51.5 Å². The predicted octanol–water partition coefficient (Wildman–Crippen LogP) is 7.90. The number of halogens is 8. The number of anilines is 1. The van der Waals surface area contributed by atoms with E-state index in [1.165, 1.54) is 31.4 Å². The standard InChI is InChI=1S/C23H32NO2S.C6BF8/c1-4-6-17-24(18-7-5-2)21-13-15-22(16-14-21)27(3,26)19-23(25)20-11-9-8-10-12-20;8-2-1(7(13,14)15)3(9)5(11)6(12)4(2)10/h8-16H,4-7,17-19H2,1-3H3;/q+1;-1. The first kappa shape index (κ1) is 35.0. The molecule has 0 heterocycles. The second kappa shape index (κ2) is 15.3. The topological polar surface area (TPSA) is 37.4 Å². The number of rotatable bonds is 12. The Bertz CT molecular complexity index is 1350. The van der Waals surface area contributed by atoms with E-state index in [1.807, 2.05) is 30.3 Å². The van der Waals surface area contributed by atoms with Crippen molar-refractivity contribution in [3.8, 4) is 0 Å². The lowest BCUT2D eigenvalue weighted by molar-refractivity contribution is 0.102. The van der Waals surface area contributed by atoms with E-state index in [-0.39, 0.29) is 11.5 Å². The lowest BCUT2D eigenvalue weighted by atomic mass is 9.79. The van der Waals surface area contributed by atoms with Crippen LogP contribution < -0.4 is 10.4 Å². The summed E-state index contributed by atoms with van der Waals surface area (Å²) < 4.78 is 111. The maximum absolute atomic E-state index is 13.2. The van der Waals surface area contributed by atoms with Crippen LogP contribution in [0.25, 0.3) is 0 Å². The van der Waals surface area contributed by atoms with E-state index in [2.05, 4.69) is 30.9 Å². The predicted molar refractivity (Wildman–Crippen MR) is 151 cm³/mol. The van der Waals surface area contributed by atoms with Crippen molar-refractivity contribution in [2.75, 3.05) is 30.0 Å². The molecule has 0 aliphatic carbocycles. The highest BCUT2D eigenvalue weighted by molar-refractivity contribution is 8.03. The zero-order valence-electron chi connectivity index (χ0n) is 23.4. The molecule has 1 unspecified atom stereocenters. The summed E-state index contributed by atoms with van der Waals surface area (Å²) >= 11 is 0. The molecule has 3 nitrogen and oxygen atoms in total. The van der Waals surface area contributed by atoms with Crippen molar-refractivity contribution in [2.45, 2.75) is 44.4 Å². The van der Waals surface area contributed by atoms with Crippen LogP contribution in [0.2, 0.25) is 0 Å². The van der Waals surface area contributed by atoms with Gasteiger partial charge in [-0.1, -0.05) is 61.2 Å². The Morgan fingerprint density at radius 3 is 1.62 bits per heavy atom. The molecular formula is C29H32BF8NO2S. The highest BCUT2D eigenvalue weighted by atomic mass is 32.2. The summed E-state index contributed by atoms with van der Waals surface area (Å²) in [6.07, 6.45) is 6.37. The summed E-state index contributed by atoms with van der Waals surface area (Å²) in [6, 6.07) is 17.1. The van der Waals surface area contributed by atoms with Crippen LogP contribution >= 0.6 is 0 Å². The van der Waals surface area contributed by atoms with Gasteiger partial charge in [0.05, 0.1) is 0 Å². The summed E-state index contributed by atoms with van der Waals surface area (Å²) in [4.78, 5) is 15.6. The average molecular weight is 621 g/mol. The number of benzene rings is 3. The highest BCUT2D eigenvalue weighted by Crippen LogP contribution is 2.24. The van der Waals surface area contributed by atoms with Gasteiger partial charge in [-0.05, 0) is 42.6 Å². The first-order valence-electron chi connectivity index (χ1n) is 13.3. The van der Waals surface area contributed by atoms with Crippen LogP contribution in [0.15, 0.2) is 59.5 Å². The van der Waals surface area contributed by atoms with Gasteiger partial charge in [-0.25, -0.2) is 22.0 Å². The van der Waals surface area contributed by atoms with Gasteiger partial charge < -0.3 is 17.8 Å². The molecule has 0 saturated heterocycles. The molecule has 0 aromatic heterocycles. The smallest absolute Gasteiger partial charge is 0.445 e. The normalized spacial score (nSPS) is 12.7. The van der Waals surface area contributed by atoms with Crippen molar-refractivity contribution in [3.63, 3.8) is 0 Å². The molecule has 13 heteroatoms.